The van der Waals surface area contributed by atoms with Crippen molar-refractivity contribution in [2.45, 2.75) is 39.7 Å². The summed E-state index contributed by atoms with van der Waals surface area (Å²) in [6.45, 7) is 8.27. The van der Waals surface area contributed by atoms with Gasteiger partial charge in [-0.3, -0.25) is 0 Å². The second kappa shape index (κ2) is 5.94. The highest BCUT2D eigenvalue weighted by Crippen LogP contribution is 2.30. The van der Waals surface area contributed by atoms with Crippen molar-refractivity contribution in [2.24, 2.45) is 0 Å². The third-order valence-corrected chi connectivity index (χ3v) is 3.24. The second-order valence-electron chi connectivity index (χ2n) is 5.20. The Kier molecular flexibility index (Phi) is 4.27. The van der Waals surface area contributed by atoms with Crippen LogP contribution in [0.4, 0.5) is 11.6 Å². The monoisotopic (exact) mass is 274 g/mol. The summed E-state index contributed by atoms with van der Waals surface area (Å²) in [5, 5.41) is 6.53. The van der Waals surface area contributed by atoms with Gasteiger partial charge in [0, 0.05) is 12.6 Å². The molecule has 2 aromatic heterocycles. The highest BCUT2D eigenvalue weighted by Gasteiger charge is 2.17. The standard InChI is InChI=1S/C15H22N4O/c1-9(2)13-14(16-5)17-8-18-15(13)19-11(4)12-7-6-10(3)20-12/h6-9,11H,1-5H3,(H2,16,17,18,19). The highest BCUT2D eigenvalue weighted by molar-refractivity contribution is 5.59. The predicted molar refractivity (Wildman–Crippen MR) is 81.2 cm³/mol. The molecule has 0 radical (unpaired) electrons. The van der Waals surface area contributed by atoms with Crippen molar-refractivity contribution >= 4 is 11.6 Å². The summed E-state index contributed by atoms with van der Waals surface area (Å²) >= 11 is 0. The molecule has 2 aromatic rings. The van der Waals surface area contributed by atoms with Gasteiger partial charge < -0.3 is 15.1 Å². The first-order valence-corrected chi connectivity index (χ1v) is 6.88. The van der Waals surface area contributed by atoms with E-state index in [2.05, 4.69) is 41.4 Å². The fourth-order valence-electron chi connectivity index (χ4n) is 2.22. The Morgan fingerprint density at radius 3 is 2.35 bits per heavy atom. The van der Waals surface area contributed by atoms with Gasteiger partial charge in [0.15, 0.2) is 0 Å². The molecule has 1 unspecified atom stereocenters. The lowest BCUT2D eigenvalue weighted by Crippen LogP contribution is -2.12. The van der Waals surface area contributed by atoms with Crippen LogP contribution >= 0.6 is 0 Å². The molecule has 0 amide bonds. The molecule has 0 aliphatic heterocycles. The van der Waals surface area contributed by atoms with Gasteiger partial charge in [-0.1, -0.05) is 13.8 Å². The molecule has 5 heteroatoms. The summed E-state index contributed by atoms with van der Waals surface area (Å²) < 4.78 is 5.65. The second-order valence-corrected chi connectivity index (χ2v) is 5.20. The molecule has 0 bridgehead atoms. The first-order valence-electron chi connectivity index (χ1n) is 6.88. The molecule has 0 aliphatic rings. The van der Waals surface area contributed by atoms with Crippen molar-refractivity contribution in [1.29, 1.82) is 0 Å². The van der Waals surface area contributed by atoms with Crippen molar-refractivity contribution in [3.8, 4) is 0 Å². The van der Waals surface area contributed by atoms with Crippen LogP contribution in [-0.2, 0) is 0 Å². The minimum absolute atomic E-state index is 0.0563. The average molecular weight is 274 g/mol. The van der Waals surface area contributed by atoms with Gasteiger partial charge in [0.05, 0.1) is 6.04 Å². The summed E-state index contributed by atoms with van der Waals surface area (Å²) in [7, 11) is 1.87. The number of aromatic nitrogens is 2. The molecule has 2 rings (SSSR count). The zero-order valence-electron chi connectivity index (χ0n) is 12.7. The quantitative estimate of drug-likeness (QED) is 0.870. The maximum Gasteiger partial charge on any atom is 0.135 e. The molecule has 0 saturated carbocycles. The van der Waals surface area contributed by atoms with Gasteiger partial charge in [-0.25, -0.2) is 9.97 Å². The lowest BCUT2D eigenvalue weighted by Gasteiger charge is -2.19. The lowest BCUT2D eigenvalue weighted by atomic mass is 10.0. The molecule has 0 fully saturated rings. The molecule has 2 N–H and O–H groups in total. The van der Waals surface area contributed by atoms with Gasteiger partial charge in [-0.2, -0.15) is 0 Å². The number of nitrogens with one attached hydrogen (secondary N) is 2. The van der Waals surface area contributed by atoms with E-state index in [9.17, 15) is 0 Å². The van der Waals surface area contributed by atoms with Gasteiger partial charge in [-0.15, -0.1) is 0 Å². The smallest absolute Gasteiger partial charge is 0.135 e. The number of furan rings is 1. The van der Waals surface area contributed by atoms with Crippen LogP contribution in [-0.4, -0.2) is 17.0 Å². The number of aryl methyl sites for hydroxylation is 1. The van der Waals surface area contributed by atoms with Gasteiger partial charge in [0.25, 0.3) is 0 Å². The Hall–Kier alpha value is -2.04. The Morgan fingerprint density at radius 2 is 1.80 bits per heavy atom. The van der Waals surface area contributed by atoms with Gasteiger partial charge in [-0.05, 0) is 31.9 Å². The minimum Gasteiger partial charge on any atom is -0.464 e. The van der Waals surface area contributed by atoms with Crippen LogP contribution in [0.25, 0.3) is 0 Å². The number of hydrogen-bond donors (Lipinski definition) is 2. The third-order valence-electron chi connectivity index (χ3n) is 3.24. The first-order chi connectivity index (χ1) is 9.52. The maximum absolute atomic E-state index is 5.65. The topological polar surface area (TPSA) is 63.0 Å². The first kappa shape index (κ1) is 14.4. The molecule has 0 aliphatic carbocycles. The zero-order chi connectivity index (χ0) is 14.7. The van der Waals surface area contributed by atoms with E-state index in [1.807, 2.05) is 26.1 Å². The highest BCUT2D eigenvalue weighted by atomic mass is 16.3. The zero-order valence-corrected chi connectivity index (χ0v) is 12.7. The molecule has 5 nitrogen and oxygen atoms in total. The summed E-state index contributed by atoms with van der Waals surface area (Å²) in [6.07, 6.45) is 1.57. The van der Waals surface area contributed by atoms with Gasteiger partial charge >= 0.3 is 0 Å². The van der Waals surface area contributed by atoms with Crippen LogP contribution in [0.2, 0.25) is 0 Å². The van der Waals surface area contributed by atoms with E-state index >= 15 is 0 Å². The Morgan fingerprint density at radius 1 is 1.10 bits per heavy atom. The lowest BCUT2D eigenvalue weighted by molar-refractivity contribution is 0.466. The molecular weight excluding hydrogens is 252 g/mol. The number of nitrogens with zero attached hydrogens (tertiary/aromatic N) is 2. The van der Waals surface area contributed by atoms with E-state index in [0.29, 0.717) is 5.92 Å². The summed E-state index contributed by atoms with van der Waals surface area (Å²) in [5.41, 5.74) is 1.09. The number of rotatable bonds is 5. The Balaban J connectivity index is 2.29. The minimum atomic E-state index is 0.0563. The van der Waals surface area contributed by atoms with E-state index in [4.69, 9.17) is 4.42 Å². The largest absolute Gasteiger partial charge is 0.464 e. The molecule has 20 heavy (non-hydrogen) atoms. The fourth-order valence-corrected chi connectivity index (χ4v) is 2.22. The van der Waals surface area contributed by atoms with Gasteiger partial charge in [0.2, 0.25) is 0 Å². The molecule has 0 saturated heterocycles. The molecule has 1 atom stereocenters. The summed E-state index contributed by atoms with van der Waals surface area (Å²) in [5.74, 6) is 3.85. The van der Waals surface area contributed by atoms with Crippen LogP contribution in [0.3, 0.4) is 0 Å². The maximum atomic E-state index is 5.65. The van der Waals surface area contributed by atoms with Crippen LogP contribution < -0.4 is 10.6 Å². The van der Waals surface area contributed by atoms with Crippen LogP contribution in [0.1, 0.15) is 49.8 Å². The molecule has 2 heterocycles. The van der Waals surface area contributed by atoms with Crippen molar-refractivity contribution in [1.82, 2.24) is 9.97 Å². The summed E-state index contributed by atoms with van der Waals surface area (Å²) in [4.78, 5) is 8.65. The normalized spacial score (nSPS) is 12.5. The van der Waals surface area contributed by atoms with E-state index in [0.717, 1.165) is 28.7 Å². The van der Waals surface area contributed by atoms with Crippen LogP contribution in [0.5, 0.6) is 0 Å². The van der Waals surface area contributed by atoms with E-state index in [1.165, 1.54) is 0 Å². The fraction of sp³-hybridized carbons (Fsp3) is 0.467. The SMILES string of the molecule is CNc1ncnc(NC(C)c2ccc(C)o2)c1C(C)C. The summed E-state index contributed by atoms with van der Waals surface area (Å²) in [6, 6.07) is 4.01. The van der Waals surface area contributed by atoms with Crippen molar-refractivity contribution in [2.75, 3.05) is 17.7 Å². The van der Waals surface area contributed by atoms with E-state index in [1.54, 1.807) is 6.33 Å². The molecule has 0 aromatic carbocycles. The van der Waals surface area contributed by atoms with E-state index in [-0.39, 0.29) is 6.04 Å². The van der Waals surface area contributed by atoms with Crippen LogP contribution in [0, 0.1) is 6.92 Å². The molecular formula is C15H22N4O. The third kappa shape index (κ3) is 2.92. The Labute approximate surface area is 119 Å². The van der Waals surface area contributed by atoms with Crippen LogP contribution in [0.15, 0.2) is 22.9 Å². The van der Waals surface area contributed by atoms with Crippen molar-refractivity contribution in [3.63, 3.8) is 0 Å². The molecule has 108 valence electrons. The van der Waals surface area contributed by atoms with Crippen molar-refractivity contribution in [3.05, 3.63) is 35.5 Å². The van der Waals surface area contributed by atoms with E-state index < -0.39 is 0 Å². The number of anilines is 2. The van der Waals surface area contributed by atoms with Crippen molar-refractivity contribution < 1.29 is 4.42 Å². The number of hydrogen-bond acceptors (Lipinski definition) is 5. The average Bonchev–Trinajstić information content (AvgIpc) is 2.84. The molecule has 0 spiro atoms. The van der Waals surface area contributed by atoms with Gasteiger partial charge in [0.1, 0.15) is 29.5 Å². The predicted octanol–water partition coefficient (Wildman–Crippen LogP) is 3.72. The Bertz CT molecular complexity index is 577.